The SMILES string of the molecule is CCOc1ccc(CNC(=O)OCc2cc(C(=O)N[C@H]3CCC[C@@H](Nc4nc(-c5c[nH]c6ncc(F)cc56)ncc4F)C3)ncc2F)cc1. The number of fused-ring (bicyclic) bond motifs is 1. The van der Waals surface area contributed by atoms with Crippen LogP contribution in [0.15, 0.2) is 61.2 Å². The van der Waals surface area contributed by atoms with Crippen LogP contribution < -0.4 is 20.7 Å². The Hall–Kier alpha value is -5.73. The first kappa shape index (κ1) is 33.2. The minimum atomic E-state index is -0.753. The number of anilines is 1. The molecule has 1 saturated carbocycles. The van der Waals surface area contributed by atoms with Crippen molar-refractivity contribution in [3.05, 3.63) is 95.5 Å². The van der Waals surface area contributed by atoms with E-state index in [1.165, 1.54) is 12.1 Å². The van der Waals surface area contributed by atoms with Crippen LogP contribution in [-0.4, -0.2) is 55.6 Å². The molecule has 0 saturated heterocycles. The van der Waals surface area contributed by atoms with Crippen LogP contribution in [0.2, 0.25) is 0 Å². The molecule has 0 radical (unpaired) electrons. The van der Waals surface area contributed by atoms with Crippen LogP contribution in [0.5, 0.6) is 5.75 Å². The van der Waals surface area contributed by atoms with Crippen LogP contribution >= 0.6 is 0 Å². The lowest BCUT2D eigenvalue weighted by Crippen LogP contribution is -2.42. The molecule has 1 fully saturated rings. The number of hydrogen-bond donors (Lipinski definition) is 4. The molecule has 254 valence electrons. The second-order valence-electron chi connectivity index (χ2n) is 11.5. The molecule has 1 aliphatic rings. The molecular weight excluding hydrogens is 641 g/mol. The Balaban J connectivity index is 1.03. The van der Waals surface area contributed by atoms with Gasteiger partial charge in [-0.1, -0.05) is 12.1 Å². The maximum Gasteiger partial charge on any atom is 0.407 e. The second-order valence-corrected chi connectivity index (χ2v) is 11.5. The van der Waals surface area contributed by atoms with Gasteiger partial charge in [-0.3, -0.25) is 4.79 Å². The molecular formula is C34H33F3N8O4. The van der Waals surface area contributed by atoms with Crippen molar-refractivity contribution in [3.8, 4) is 17.1 Å². The van der Waals surface area contributed by atoms with Crippen molar-refractivity contribution in [2.75, 3.05) is 11.9 Å². The standard InChI is InChI=1S/C34H33F3N8O4/c1-2-48-24-8-6-19(7-9-24)13-42-34(47)49-18-20-10-29(38-16-27(20)36)33(46)44-23-5-3-4-22(12-23)43-32-28(37)17-41-31(45-32)26-15-40-30-25(26)11-21(35)14-39-30/h6-11,14-17,22-23H,2-5,12-13,18H2,1H3,(H,39,40)(H,42,47)(H,44,46)(H,41,43,45)/t22-,23+/m1/s1. The highest BCUT2D eigenvalue weighted by Crippen LogP contribution is 2.28. The Morgan fingerprint density at radius 1 is 0.980 bits per heavy atom. The number of rotatable bonds is 11. The number of alkyl carbamates (subject to hydrolysis) is 1. The molecule has 2 atom stereocenters. The average molecular weight is 675 g/mol. The number of carbonyl (C=O) groups is 2. The highest BCUT2D eigenvalue weighted by Gasteiger charge is 2.26. The van der Waals surface area contributed by atoms with Gasteiger partial charge in [0.2, 0.25) is 0 Å². The maximum atomic E-state index is 14.8. The third-order valence-electron chi connectivity index (χ3n) is 8.03. The van der Waals surface area contributed by atoms with E-state index in [1.807, 2.05) is 19.1 Å². The number of ether oxygens (including phenoxy) is 2. The Morgan fingerprint density at radius 2 is 1.78 bits per heavy atom. The molecule has 0 spiro atoms. The van der Waals surface area contributed by atoms with Gasteiger partial charge in [0.15, 0.2) is 17.5 Å². The van der Waals surface area contributed by atoms with Crippen molar-refractivity contribution in [1.82, 2.24) is 35.6 Å². The number of carbonyl (C=O) groups excluding carboxylic acids is 2. The van der Waals surface area contributed by atoms with E-state index in [2.05, 4.69) is 40.9 Å². The third kappa shape index (κ3) is 8.23. The molecule has 1 aliphatic carbocycles. The minimum absolute atomic E-state index is 0.0108. The van der Waals surface area contributed by atoms with Crippen molar-refractivity contribution in [1.29, 1.82) is 0 Å². The summed E-state index contributed by atoms with van der Waals surface area (Å²) in [6, 6.07) is 9.22. The zero-order valence-corrected chi connectivity index (χ0v) is 26.4. The molecule has 15 heteroatoms. The molecule has 4 aromatic heterocycles. The van der Waals surface area contributed by atoms with E-state index in [0.717, 1.165) is 36.3 Å². The first-order valence-electron chi connectivity index (χ1n) is 15.8. The van der Waals surface area contributed by atoms with Crippen LogP contribution in [0.3, 0.4) is 0 Å². The predicted octanol–water partition coefficient (Wildman–Crippen LogP) is 5.81. The molecule has 2 amide bonds. The number of aromatic amines is 1. The van der Waals surface area contributed by atoms with E-state index in [-0.39, 0.29) is 41.5 Å². The van der Waals surface area contributed by atoms with E-state index in [0.29, 0.717) is 42.5 Å². The lowest BCUT2D eigenvalue weighted by atomic mass is 9.91. The number of pyridine rings is 2. The summed E-state index contributed by atoms with van der Waals surface area (Å²) in [6.07, 6.45) is 6.43. The maximum absolute atomic E-state index is 14.8. The third-order valence-corrected chi connectivity index (χ3v) is 8.03. The van der Waals surface area contributed by atoms with Gasteiger partial charge in [0.1, 0.15) is 35.3 Å². The van der Waals surface area contributed by atoms with Gasteiger partial charge in [-0.15, -0.1) is 0 Å². The zero-order chi connectivity index (χ0) is 34.3. The highest BCUT2D eigenvalue weighted by molar-refractivity contribution is 5.93. The summed E-state index contributed by atoms with van der Waals surface area (Å²) in [7, 11) is 0. The molecule has 5 aromatic rings. The van der Waals surface area contributed by atoms with E-state index in [1.54, 1.807) is 18.3 Å². The average Bonchev–Trinajstić information content (AvgIpc) is 3.52. The summed E-state index contributed by atoms with van der Waals surface area (Å²) in [6.45, 7) is 2.22. The monoisotopic (exact) mass is 674 g/mol. The van der Waals surface area contributed by atoms with Crippen LogP contribution in [0.1, 0.15) is 54.2 Å². The molecule has 12 nitrogen and oxygen atoms in total. The molecule has 0 aliphatic heterocycles. The summed E-state index contributed by atoms with van der Waals surface area (Å²) >= 11 is 0. The number of benzene rings is 1. The Kier molecular flexibility index (Phi) is 10.2. The van der Waals surface area contributed by atoms with Crippen molar-refractivity contribution in [3.63, 3.8) is 0 Å². The quantitative estimate of drug-likeness (QED) is 0.136. The van der Waals surface area contributed by atoms with Crippen LogP contribution in [0, 0.1) is 17.5 Å². The summed E-state index contributed by atoms with van der Waals surface area (Å²) in [5.41, 5.74) is 1.69. The number of aromatic nitrogens is 5. The Bertz CT molecular complexity index is 1960. The largest absolute Gasteiger partial charge is 0.494 e. The second kappa shape index (κ2) is 15.0. The molecule has 4 heterocycles. The summed E-state index contributed by atoms with van der Waals surface area (Å²) in [5.74, 6) is -1.54. The van der Waals surface area contributed by atoms with E-state index in [4.69, 9.17) is 9.47 Å². The molecule has 1 aromatic carbocycles. The fourth-order valence-electron chi connectivity index (χ4n) is 5.62. The normalized spacial score (nSPS) is 15.8. The van der Waals surface area contributed by atoms with Crippen molar-refractivity contribution >= 4 is 28.9 Å². The number of amides is 2. The lowest BCUT2D eigenvalue weighted by Gasteiger charge is -2.30. The van der Waals surface area contributed by atoms with E-state index >= 15 is 0 Å². The Morgan fingerprint density at radius 3 is 2.59 bits per heavy atom. The van der Waals surface area contributed by atoms with E-state index < -0.39 is 36.1 Å². The van der Waals surface area contributed by atoms with Crippen LogP contribution in [0.4, 0.5) is 23.8 Å². The van der Waals surface area contributed by atoms with Gasteiger partial charge >= 0.3 is 6.09 Å². The fraction of sp³-hybridized carbons (Fsp3) is 0.294. The predicted molar refractivity (Wildman–Crippen MR) is 173 cm³/mol. The number of nitrogens with zero attached hydrogens (tertiary/aromatic N) is 4. The van der Waals surface area contributed by atoms with Gasteiger partial charge in [0.05, 0.1) is 25.2 Å². The van der Waals surface area contributed by atoms with Crippen LogP contribution in [0.25, 0.3) is 22.4 Å². The molecule has 6 rings (SSSR count). The van der Waals surface area contributed by atoms with Gasteiger partial charge in [-0.2, -0.15) is 0 Å². The summed E-state index contributed by atoms with van der Waals surface area (Å²) < 4.78 is 53.7. The first-order chi connectivity index (χ1) is 23.7. The number of hydrogen-bond acceptors (Lipinski definition) is 9. The first-order valence-corrected chi connectivity index (χ1v) is 15.8. The van der Waals surface area contributed by atoms with Crippen molar-refractivity contribution in [2.24, 2.45) is 0 Å². The molecule has 0 bridgehead atoms. The fourth-order valence-corrected chi connectivity index (χ4v) is 5.62. The molecule has 0 unspecified atom stereocenters. The number of nitrogens with one attached hydrogen (secondary N) is 4. The topological polar surface area (TPSA) is 156 Å². The number of halogens is 3. The zero-order valence-electron chi connectivity index (χ0n) is 26.4. The van der Waals surface area contributed by atoms with Gasteiger partial charge in [0.25, 0.3) is 5.91 Å². The molecule has 4 N–H and O–H groups in total. The minimum Gasteiger partial charge on any atom is -0.494 e. The molecule has 49 heavy (non-hydrogen) atoms. The summed E-state index contributed by atoms with van der Waals surface area (Å²) in [4.78, 5) is 44.7. The Labute approximate surface area is 278 Å². The van der Waals surface area contributed by atoms with Gasteiger partial charge in [-0.05, 0) is 62.4 Å². The highest BCUT2D eigenvalue weighted by atomic mass is 19.1. The van der Waals surface area contributed by atoms with Crippen LogP contribution in [-0.2, 0) is 17.9 Å². The van der Waals surface area contributed by atoms with Crippen molar-refractivity contribution in [2.45, 2.75) is 57.8 Å². The summed E-state index contributed by atoms with van der Waals surface area (Å²) in [5, 5.41) is 9.11. The smallest absolute Gasteiger partial charge is 0.407 e. The van der Waals surface area contributed by atoms with Gasteiger partial charge < -0.3 is 30.4 Å². The van der Waals surface area contributed by atoms with Gasteiger partial charge in [0, 0.05) is 41.3 Å². The van der Waals surface area contributed by atoms with Crippen molar-refractivity contribution < 1.29 is 32.2 Å². The lowest BCUT2D eigenvalue weighted by molar-refractivity contribution is 0.0921. The number of H-pyrrole nitrogens is 1. The van der Waals surface area contributed by atoms with Gasteiger partial charge in [-0.25, -0.2) is 37.9 Å². The van der Waals surface area contributed by atoms with E-state index in [9.17, 15) is 22.8 Å².